The summed E-state index contributed by atoms with van der Waals surface area (Å²) in [6.45, 7) is 1.61. The summed E-state index contributed by atoms with van der Waals surface area (Å²) in [6.07, 6.45) is -5.37. The SMILES string of the molecule is CCOC(=O)CC(=O)c1ccc(Br)cc1C(F)(F)F. The fraction of sp³-hybridized carbons (Fsp3) is 0.333. The van der Waals surface area contributed by atoms with E-state index in [0.29, 0.717) is 0 Å². The second kappa shape index (κ2) is 6.18. The zero-order valence-electron chi connectivity index (χ0n) is 9.88. The third-order valence-electron chi connectivity index (χ3n) is 2.20. The highest BCUT2D eigenvalue weighted by atomic mass is 79.9. The Kier molecular flexibility index (Phi) is 5.11. The van der Waals surface area contributed by atoms with Gasteiger partial charge in [0.2, 0.25) is 0 Å². The van der Waals surface area contributed by atoms with Crippen LogP contribution < -0.4 is 0 Å². The number of carbonyl (C=O) groups is 2. The maximum atomic E-state index is 12.8. The van der Waals surface area contributed by atoms with Crippen molar-refractivity contribution in [2.75, 3.05) is 6.61 Å². The van der Waals surface area contributed by atoms with E-state index in [1.807, 2.05) is 0 Å². The molecule has 0 radical (unpaired) electrons. The van der Waals surface area contributed by atoms with E-state index in [-0.39, 0.29) is 11.1 Å². The number of hydrogen-bond donors (Lipinski definition) is 0. The van der Waals surface area contributed by atoms with Gasteiger partial charge in [0.25, 0.3) is 0 Å². The van der Waals surface area contributed by atoms with E-state index in [0.717, 1.165) is 12.1 Å². The van der Waals surface area contributed by atoms with Crippen molar-refractivity contribution in [2.45, 2.75) is 19.5 Å². The molecule has 0 aliphatic rings. The first-order chi connectivity index (χ1) is 8.75. The number of halogens is 4. The largest absolute Gasteiger partial charge is 0.466 e. The minimum absolute atomic E-state index is 0.0680. The number of benzene rings is 1. The summed E-state index contributed by atoms with van der Waals surface area (Å²) in [7, 11) is 0. The standard InChI is InChI=1S/C12H10BrF3O3/c1-2-19-11(18)6-10(17)8-4-3-7(13)5-9(8)12(14,15)16/h3-5H,2,6H2,1H3. The van der Waals surface area contributed by atoms with Crippen LogP contribution >= 0.6 is 15.9 Å². The average Bonchev–Trinajstić information content (AvgIpc) is 2.27. The number of carbonyl (C=O) groups excluding carboxylic acids is 2. The molecule has 0 saturated carbocycles. The Bertz CT molecular complexity index is 497. The molecule has 1 rings (SSSR count). The number of ether oxygens (including phenoxy) is 1. The molecule has 7 heteroatoms. The van der Waals surface area contributed by atoms with E-state index in [2.05, 4.69) is 20.7 Å². The minimum Gasteiger partial charge on any atom is -0.466 e. The lowest BCUT2D eigenvalue weighted by molar-refractivity contribution is -0.142. The Hall–Kier alpha value is -1.37. The van der Waals surface area contributed by atoms with Crippen molar-refractivity contribution in [3.63, 3.8) is 0 Å². The Morgan fingerprint density at radius 2 is 1.95 bits per heavy atom. The van der Waals surface area contributed by atoms with Gasteiger partial charge in [-0.2, -0.15) is 13.2 Å². The van der Waals surface area contributed by atoms with Crippen LogP contribution in [0.25, 0.3) is 0 Å². The molecule has 0 bridgehead atoms. The van der Waals surface area contributed by atoms with Gasteiger partial charge in [-0.05, 0) is 25.1 Å². The lowest BCUT2D eigenvalue weighted by atomic mass is 10.0. The lowest BCUT2D eigenvalue weighted by Gasteiger charge is -2.12. The van der Waals surface area contributed by atoms with Crippen molar-refractivity contribution < 1.29 is 27.5 Å². The van der Waals surface area contributed by atoms with E-state index >= 15 is 0 Å². The Morgan fingerprint density at radius 1 is 1.32 bits per heavy atom. The van der Waals surface area contributed by atoms with Gasteiger partial charge in [0.05, 0.1) is 12.2 Å². The smallest absolute Gasteiger partial charge is 0.417 e. The zero-order chi connectivity index (χ0) is 14.6. The molecule has 0 heterocycles. The molecule has 1 aromatic rings. The number of Topliss-reactive ketones (excluding diaryl/α,β-unsaturated/α-hetero) is 1. The number of ketones is 1. The van der Waals surface area contributed by atoms with E-state index < -0.39 is 35.5 Å². The molecule has 19 heavy (non-hydrogen) atoms. The molecule has 0 fully saturated rings. The number of rotatable bonds is 4. The molecule has 0 aromatic heterocycles. The van der Waals surface area contributed by atoms with Gasteiger partial charge in [-0.3, -0.25) is 9.59 Å². The second-order valence-corrected chi connectivity index (χ2v) is 4.51. The van der Waals surface area contributed by atoms with Gasteiger partial charge in [-0.25, -0.2) is 0 Å². The maximum absolute atomic E-state index is 12.8. The van der Waals surface area contributed by atoms with Crippen LogP contribution in [0.15, 0.2) is 22.7 Å². The monoisotopic (exact) mass is 338 g/mol. The normalized spacial score (nSPS) is 11.2. The molecule has 104 valence electrons. The average molecular weight is 339 g/mol. The van der Waals surface area contributed by atoms with Crippen molar-refractivity contribution in [1.29, 1.82) is 0 Å². The van der Waals surface area contributed by atoms with Crippen molar-refractivity contribution in [1.82, 2.24) is 0 Å². The summed E-state index contributed by atoms with van der Waals surface area (Å²) in [4.78, 5) is 22.8. The van der Waals surface area contributed by atoms with Gasteiger partial charge in [0.1, 0.15) is 6.42 Å². The molecule has 3 nitrogen and oxygen atoms in total. The van der Waals surface area contributed by atoms with Gasteiger partial charge >= 0.3 is 12.1 Å². The van der Waals surface area contributed by atoms with Crippen molar-refractivity contribution in [2.24, 2.45) is 0 Å². The Labute approximate surface area is 115 Å². The summed E-state index contributed by atoms with van der Waals surface area (Å²) in [5, 5.41) is 0. The molecule has 0 atom stereocenters. The van der Waals surface area contributed by atoms with Crippen LogP contribution in [0.5, 0.6) is 0 Å². The Morgan fingerprint density at radius 3 is 2.47 bits per heavy atom. The predicted octanol–water partition coefficient (Wildman–Crippen LogP) is 3.60. The van der Waals surface area contributed by atoms with Crippen LogP contribution in [0.3, 0.4) is 0 Å². The Balaban J connectivity index is 3.06. The molecule has 0 unspecified atom stereocenters. The fourth-order valence-electron chi connectivity index (χ4n) is 1.43. The third-order valence-corrected chi connectivity index (χ3v) is 2.69. The van der Waals surface area contributed by atoms with Crippen LogP contribution in [-0.2, 0) is 15.7 Å². The first kappa shape index (κ1) is 15.7. The lowest BCUT2D eigenvalue weighted by Crippen LogP contribution is -2.17. The third kappa shape index (κ3) is 4.34. The molecule has 0 aliphatic heterocycles. The van der Waals surface area contributed by atoms with Crippen LogP contribution in [0.2, 0.25) is 0 Å². The highest BCUT2D eigenvalue weighted by molar-refractivity contribution is 9.10. The summed E-state index contributed by atoms with van der Waals surface area (Å²) in [5.41, 5.74) is -1.61. The summed E-state index contributed by atoms with van der Waals surface area (Å²) in [5.74, 6) is -1.76. The van der Waals surface area contributed by atoms with Crippen LogP contribution in [0, 0.1) is 0 Å². The molecule has 0 saturated heterocycles. The highest BCUT2D eigenvalue weighted by Gasteiger charge is 2.35. The topological polar surface area (TPSA) is 43.4 Å². The first-order valence-corrected chi connectivity index (χ1v) is 6.10. The molecule has 0 aliphatic carbocycles. The van der Waals surface area contributed by atoms with E-state index in [9.17, 15) is 22.8 Å². The summed E-state index contributed by atoms with van der Waals surface area (Å²) in [6, 6.07) is 3.15. The molecule has 1 aromatic carbocycles. The van der Waals surface area contributed by atoms with Crippen molar-refractivity contribution >= 4 is 27.7 Å². The van der Waals surface area contributed by atoms with E-state index in [1.165, 1.54) is 6.07 Å². The molecule has 0 spiro atoms. The summed E-state index contributed by atoms with van der Waals surface area (Å²) < 4.78 is 43.1. The van der Waals surface area contributed by atoms with Crippen LogP contribution in [0.4, 0.5) is 13.2 Å². The summed E-state index contributed by atoms with van der Waals surface area (Å²) >= 11 is 2.91. The van der Waals surface area contributed by atoms with E-state index in [1.54, 1.807) is 6.92 Å². The predicted molar refractivity (Wildman–Crippen MR) is 64.7 cm³/mol. The molecular weight excluding hydrogens is 329 g/mol. The quantitative estimate of drug-likeness (QED) is 0.478. The van der Waals surface area contributed by atoms with Crippen LogP contribution in [0.1, 0.15) is 29.3 Å². The van der Waals surface area contributed by atoms with Gasteiger partial charge in [0, 0.05) is 10.0 Å². The fourth-order valence-corrected chi connectivity index (χ4v) is 1.79. The van der Waals surface area contributed by atoms with E-state index in [4.69, 9.17) is 0 Å². The maximum Gasteiger partial charge on any atom is 0.417 e. The van der Waals surface area contributed by atoms with Gasteiger partial charge in [-0.15, -0.1) is 0 Å². The molecule has 0 N–H and O–H groups in total. The van der Waals surface area contributed by atoms with Crippen molar-refractivity contribution in [3.05, 3.63) is 33.8 Å². The van der Waals surface area contributed by atoms with Gasteiger partial charge < -0.3 is 4.74 Å². The second-order valence-electron chi connectivity index (χ2n) is 3.59. The number of alkyl halides is 3. The van der Waals surface area contributed by atoms with Gasteiger partial charge in [0.15, 0.2) is 5.78 Å². The molecular formula is C12H10BrF3O3. The number of esters is 1. The number of hydrogen-bond acceptors (Lipinski definition) is 3. The van der Waals surface area contributed by atoms with Crippen LogP contribution in [-0.4, -0.2) is 18.4 Å². The molecule has 0 amide bonds. The zero-order valence-corrected chi connectivity index (χ0v) is 11.5. The highest BCUT2D eigenvalue weighted by Crippen LogP contribution is 2.34. The first-order valence-electron chi connectivity index (χ1n) is 5.31. The minimum atomic E-state index is -4.66. The van der Waals surface area contributed by atoms with Gasteiger partial charge in [-0.1, -0.05) is 15.9 Å². The van der Waals surface area contributed by atoms with Crippen molar-refractivity contribution in [3.8, 4) is 0 Å².